The molecule has 4 saturated carbocycles. The Morgan fingerprint density at radius 2 is 1.66 bits per heavy atom. The molecule has 0 bridgehead atoms. The highest BCUT2D eigenvalue weighted by Crippen LogP contribution is 2.77. The molecule has 1 N–H and O–H groups in total. The molecule has 4 heteroatoms. The molecule has 4 nitrogen and oxygen atoms in total. The van der Waals surface area contributed by atoms with Gasteiger partial charge in [-0.15, -0.1) is 0 Å². The zero-order valence-corrected chi connectivity index (χ0v) is 23.0. The van der Waals surface area contributed by atoms with Crippen molar-refractivity contribution in [1.29, 1.82) is 0 Å². The van der Waals surface area contributed by atoms with E-state index < -0.39 is 5.41 Å². The number of rotatable bonds is 2. The Labute approximate surface area is 212 Å². The third-order valence-corrected chi connectivity index (χ3v) is 13.0. The summed E-state index contributed by atoms with van der Waals surface area (Å²) in [5.74, 6) is 1.64. The van der Waals surface area contributed by atoms with E-state index >= 15 is 0 Å². The molecule has 9 atom stereocenters. The molecule has 0 aromatic rings. The lowest BCUT2D eigenvalue weighted by atomic mass is 9.33. The van der Waals surface area contributed by atoms with Crippen LogP contribution >= 0.6 is 0 Å². The predicted molar refractivity (Wildman–Crippen MR) is 137 cm³/mol. The van der Waals surface area contributed by atoms with Crippen molar-refractivity contribution in [2.24, 2.45) is 56.7 Å². The maximum Gasteiger partial charge on any atom is 0.312 e. The van der Waals surface area contributed by atoms with Crippen molar-refractivity contribution < 1.29 is 19.4 Å². The van der Waals surface area contributed by atoms with Gasteiger partial charge in [-0.25, -0.2) is 0 Å². The molecule has 5 aliphatic carbocycles. The van der Waals surface area contributed by atoms with Gasteiger partial charge in [-0.2, -0.15) is 0 Å². The first-order valence-corrected chi connectivity index (χ1v) is 13.9. The maximum absolute atomic E-state index is 13.3. The van der Waals surface area contributed by atoms with Gasteiger partial charge in [0.25, 0.3) is 0 Å². The van der Waals surface area contributed by atoms with Crippen molar-refractivity contribution in [2.45, 2.75) is 92.9 Å². The molecule has 0 radical (unpaired) electrons. The molecule has 4 fully saturated rings. The summed E-state index contributed by atoms with van der Waals surface area (Å²) in [6.07, 6.45) is 10.1. The largest absolute Gasteiger partial charge is 0.505 e. The fourth-order valence-electron chi connectivity index (χ4n) is 11.2. The van der Waals surface area contributed by atoms with E-state index in [1.165, 1.54) is 5.57 Å². The maximum atomic E-state index is 13.3. The first-order chi connectivity index (χ1) is 16.2. The van der Waals surface area contributed by atoms with Crippen LogP contribution in [0.15, 0.2) is 24.0 Å². The van der Waals surface area contributed by atoms with E-state index in [1.807, 2.05) is 19.9 Å². The van der Waals surface area contributed by atoms with Crippen molar-refractivity contribution in [1.82, 2.24) is 0 Å². The van der Waals surface area contributed by atoms with Crippen molar-refractivity contribution in [3.05, 3.63) is 24.0 Å². The smallest absolute Gasteiger partial charge is 0.312 e. The number of Topliss-reactive ketones (excluding diaryl/α,β-unsaturated/α-hetero) is 1. The number of hydrogen-bond acceptors (Lipinski definition) is 4. The number of esters is 1. The van der Waals surface area contributed by atoms with Gasteiger partial charge in [-0.1, -0.05) is 46.8 Å². The summed E-state index contributed by atoms with van der Waals surface area (Å²) in [6.45, 7) is 18.0. The van der Waals surface area contributed by atoms with Crippen molar-refractivity contribution in [3.63, 3.8) is 0 Å². The Balaban J connectivity index is 1.61. The molecule has 4 unspecified atom stereocenters. The minimum atomic E-state index is -0.546. The van der Waals surface area contributed by atoms with Gasteiger partial charge in [0.1, 0.15) is 0 Å². The normalized spacial score (nSPS) is 50.2. The average Bonchev–Trinajstić information content (AvgIpc) is 3.18. The molecule has 5 aliphatic rings. The fraction of sp³-hybridized carbons (Fsp3) is 0.806. The Morgan fingerprint density at radius 1 is 0.971 bits per heavy atom. The van der Waals surface area contributed by atoms with Crippen molar-refractivity contribution >= 4 is 11.8 Å². The van der Waals surface area contributed by atoms with E-state index in [2.05, 4.69) is 34.3 Å². The van der Waals surface area contributed by atoms with E-state index in [0.717, 1.165) is 51.4 Å². The summed E-state index contributed by atoms with van der Waals surface area (Å²) in [4.78, 5) is 26.3. The summed E-state index contributed by atoms with van der Waals surface area (Å²) in [5, 5.41) is 10.8. The van der Waals surface area contributed by atoms with E-state index in [4.69, 9.17) is 4.74 Å². The number of hydrogen-bond donors (Lipinski definition) is 1. The molecule has 0 aromatic heterocycles. The third kappa shape index (κ3) is 2.86. The van der Waals surface area contributed by atoms with E-state index in [9.17, 15) is 14.7 Å². The number of aliphatic hydroxyl groups is 1. The van der Waals surface area contributed by atoms with Crippen LogP contribution in [0.2, 0.25) is 0 Å². The molecule has 0 heterocycles. The summed E-state index contributed by atoms with van der Waals surface area (Å²) >= 11 is 0. The van der Waals surface area contributed by atoms with Crippen molar-refractivity contribution in [2.75, 3.05) is 7.11 Å². The summed E-state index contributed by atoms with van der Waals surface area (Å²) in [5.41, 5.74) is 0.273. The molecular weight excluding hydrogens is 436 g/mol. The van der Waals surface area contributed by atoms with E-state index in [0.29, 0.717) is 23.7 Å². The minimum Gasteiger partial charge on any atom is -0.505 e. The third-order valence-electron chi connectivity index (χ3n) is 13.0. The minimum absolute atomic E-state index is 0.00311. The second-order valence-corrected chi connectivity index (χ2v) is 14.3. The van der Waals surface area contributed by atoms with Crippen LogP contribution in [0, 0.1) is 56.7 Å². The Kier molecular flexibility index (Phi) is 5.36. The predicted octanol–water partition coefficient (Wildman–Crippen LogP) is 7.05. The lowest BCUT2D eigenvalue weighted by Crippen LogP contribution is -2.66. The van der Waals surface area contributed by atoms with Gasteiger partial charge in [-0.3, -0.25) is 9.59 Å². The number of carbonyl (C=O) groups is 2. The summed E-state index contributed by atoms with van der Waals surface area (Å²) < 4.78 is 5.46. The zero-order chi connectivity index (χ0) is 25.8. The molecule has 0 amide bonds. The van der Waals surface area contributed by atoms with Crippen LogP contribution in [0.25, 0.3) is 0 Å². The highest BCUT2D eigenvalue weighted by molar-refractivity contribution is 5.98. The van der Waals surface area contributed by atoms with Gasteiger partial charge in [0.2, 0.25) is 5.78 Å². The van der Waals surface area contributed by atoms with Crippen LogP contribution in [0.1, 0.15) is 92.9 Å². The number of carbonyl (C=O) groups excluding carboxylic acids is 2. The van der Waals surface area contributed by atoms with Crippen LogP contribution in [0.4, 0.5) is 0 Å². The summed E-state index contributed by atoms with van der Waals surface area (Å²) in [7, 11) is 1.56. The second-order valence-electron chi connectivity index (χ2n) is 14.3. The molecular formula is C31H46O4. The number of methoxy groups -OCH3 is 1. The topological polar surface area (TPSA) is 63.6 Å². The monoisotopic (exact) mass is 482 g/mol. The first kappa shape index (κ1) is 25.1. The van der Waals surface area contributed by atoms with Crippen LogP contribution in [0.5, 0.6) is 0 Å². The highest BCUT2D eigenvalue weighted by Gasteiger charge is 2.72. The first-order valence-electron chi connectivity index (χ1n) is 13.9. The lowest BCUT2D eigenvalue weighted by Gasteiger charge is -2.71. The Hall–Kier alpha value is -1.58. The molecule has 194 valence electrons. The van der Waals surface area contributed by atoms with Gasteiger partial charge in [0, 0.05) is 5.41 Å². The Morgan fingerprint density at radius 3 is 2.29 bits per heavy atom. The van der Waals surface area contributed by atoms with Crippen LogP contribution < -0.4 is 0 Å². The average molecular weight is 483 g/mol. The van der Waals surface area contributed by atoms with E-state index in [-0.39, 0.29) is 45.1 Å². The Bertz CT molecular complexity index is 1010. The molecule has 35 heavy (non-hydrogen) atoms. The second kappa shape index (κ2) is 7.48. The van der Waals surface area contributed by atoms with Gasteiger partial charge < -0.3 is 9.84 Å². The van der Waals surface area contributed by atoms with Crippen LogP contribution in [0.3, 0.4) is 0 Å². The quantitative estimate of drug-likeness (QED) is 0.338. The van der Waals surface area contributed by atoms with Gasteiger partial charge >= 0.3 is 5.97 Å². The van der Waals surface area contributed by atoms with E-state index in [1.54, 1.807) is 7.11 Å². The zero-order valence-electron chi connectivity index (χ0n) is 23.0. The SMILES string of the molecule is C=C(C)[C@@H]1CC[C@]2(C(=O)OC)CC[C@]3(C)C(CCC4[C@@]5(C)C=C(O)C(=O)C(C)(C)C5CC[C@]43C)C12. The van der Waals surface area contributed by atoms with Gasteiger partial charge in [0.05, 0.1) is 12.5 Å². The molecule has 5 rings (SSSR count). The number of ketones is 1. The molecule has 0 aliphatic heterocycles. The van der Waals surface area contributed by atoms with Crippen LogP contribution in [-0.4, -0.2) is 24.0 Å². The lowest BCUT2D eigenvalue weighted by molar-refractivity contribution is -0.223. The number of allylic oxidation sites excluding steroid dienone is 3. The fourth-order valence-corrected chi connectivity index (χ4v) is 11.2. The summed E-state index contributed by atoms with van der Waals surface area (Å²) in [6, 6.07) is 0. The van der Waals surface area contributed by atoms with Gasteiger partial charge in [-0.05, 0) is 110 Å². The number of ether oxygens (including phenoxy) is 1. The van der Waals surface area contributed by atoms with Gasteiger partial charge in [0.15, 0.2) is 5.76 Å². The molecule has 0 spiro atoms. The van der Waals surface area contributed by atoms with Crippen LogP contribution in [-0.2, 0) is 14.3 Å². The number of fused-ring (bicyclic) bond motifs is 7. The molecule has 0 saturated heterocycles. The molecule has 0 aromatic carbocycles. The highest BCUT2D eigenvalue weighted by atomic mass is 16.5. The standard InChI is InChI=1S/C31H46O4/c1-18(2)19-11-14-31(26(34)35-8)16-15-29(6)20(24(19)31)9-10-23-28(5)17-21(32)25(33)27(3,4)22(28)12-13-30(23,29)7/h17,19-20,22-24,32H,1,9-16H2,2-8H3/t19-,20?,22?,23?,24?,28-,29+,30+,31-/m0/s1. The van der Waals surface area contributed by atoms with Crippen molar-refractivity contribution in [3.8, 4) is 0 Å². The number of aliphatic hydroxyl groups excluding tert-OH is 1.